The second-order valence-electron chi connectivity index (χ2n) is 7.32. The van der Waals surface area contributed by atoms with Crippen LogP contribution in [0.5, 0.6) is 0 Å². The van der Waals surface area contributed by atoms with Gasteiger partial charge in [-0.2, -0.15) is 0 Å². The maximum atomic E-state index is 2.67. The third-order valence-electron chi connectivity index (χ3n) is 7.15. The van der Waals surface area contributed by atoms with Gasteiger partial charge in [-0.05, 0) is 78.9 Å². The summed E-state index contributed by atoms with van der Waals surface area (Å²) in [4.78, 5) is 0. The standard InChI is InChI=1S/C14H20/c1-14-6-10(9-5-11(9)14)12-7-2-3-8(4-7)13(12)14/h7-13H,2-6H2,1H3. The predicted octanol–water partition coefficient (Wildman–Crippen LogP) is 3.32. The summed E-state index contributed by atoms with van der Waals surface area (Å²) in [6, 6.07) is 0. The highest BCUT2D eigenvalue weighted by atomic mass is 14.8. The minimum absolute atomic E-state index is 0.847. The Balaban J connectivity index is 1.69. The van der Waals surface area contributed by atoms with E-state index in [1.165, 1.54) is 41.4 Å². The molecule has 0 amide bonds. The number of hydrogen-bond acceptors (Lipinski definition) is 0. The number of hydrogen-bond donors (Lipinski definition) is 0. The Hall–Kier alpha value is 0. The van der Waals surface area contributed by atoms with Crippen molar-refractivity contribution >= 4 is 0 Å². The molecule has 4 bridgehead atoms. The Morgan fingerprint density at radius 2 is 1.86 bits per heavy atom. The molecule has 5 rings (SSSR count). The van der Waals surface area contributed by atoms with Crippen LogP contribution in [0.1, 0.15) is 39.0 Å². The maximum absolute atomic E-state index is 2.67. The van der Waals surface area contributed by atoms with Crippen molar-refractivity contribution in [2.24, 2.45) is 46.8 Å². The van der Waals surface area contributed by atoms with E-state index in [-0.39, 0.29) is 0 Å². The van der Waals surface area contributed by atoms with E-state index in [1.807, 2.05) is 0 Å². The Kier molecular flexibility index (Phi) is 0.954. The third kappa shape index (κ3) is 0.537. The molecular weight excluding hydrogens is 168 g/mol. The molecule has 0 aliphatic heterocycles. The molecule has 14 heavy (non-hydrogen) atoms. The van der Waals surface area contributed by atoms with Gasteiger partial charge in [-0.3, -0.25) is 0 Å². The van der Waals surface area contributed by atoms with Crippen molar-refractivity contribution in [2.75, 3.05) is 0 Å². The first-order valence-electron chi connectivity index (χ1n) is 6.79. The predicted molar refractivity (Wildman–Crippen MR) is 55.6 cm³/mol. The zero-order valence-corrected chi connectivity index (χ0v) is 9.08. The summed E-state index contributed by atoms with van der Waals surface area (Å²) in [5.74, 6) is 8.44. The van der Waals surface area contributed by atoms with Crippen LogP contribution in [0.15, 0.2) is 0 Å². The van der Waals surface area contributed by atoms with Gasteiger partial charge in [-0.25, -0.2) is 0 Å². The molecule has 0 aromatic carbocycles. The second kappa shape index (κ2) is 1.83. The van der Waals surface area contributed by atoms with Gasteiger partial charge in [-0.15, -0.1) is 0 Å². The quantitative estimate of drug-likeness (QED) is 0.512. The van der Waals surface area contributed by atoms with Gasteiger partial charge in [0.05, 0.1) is 0 Å². The fraction of sp³-hybridized carbons (Fsp3) is 1.00. The molecule has 0 aromatic heterocycles. The maximum Gasteiger partial charge on any atom is -0.0258 e. The summed E-state index contributed by atoms with van der Waals surface area (Å²) in [5, 5.41) is 0. The molecule has 5 fully saturated rings. The van der Waals surface area contributed by atoms with Crippen LogP contribution in [0.2, 0.25) is 0 Å². The van der Waals surface area contributed by atoms with E-state index in [9.17, 15) is 0 Å². The van der Waals surface area contributed by atoms with E-state index >= 15 is 0 Å². The van der Waals surface area contributed by atoms with Gasteiger partial charge in [-0.1, -0.05) is 6.92 Å². The zero-order chi connectivity index (χ0) is 9.08. The highest BCUT2D eigenvalue weighted by Gasteiger charge is 2.75. The van der Waals surface area contributed by atoms with Crippen molar-refractivity contribution in [3.05, 3.63) is 0 Å². The Morgan fingerprint density at radius 1 is 1.00 bits per heavy atom. The van der Waals surface area contributed by atoms with Crippen molar-refractivity contribution in [3.8, 4) is 0 Å². The van der Waals surface area contributed by atoms with Gasteiger partial charge >= 0.3 is 0 Å². The molecule has 8 unspecified atom stereocenters. The van der Waals surface area contributed by atoms with Gasteiger partial charge in [0.1, 0.15) is 0 Å². The van der Waals surface area contributed by atoms with Crippen LogP contribution < -0.4 is 0 Å². The van der Waals surface area contributed by atoms with Crippen molar-refractivity contribution in [1.29, 1.82) is 0 Å². The molecule has 76 valence electrons. The summed E-state index contributed by atoms with van der Waals surface area (Å²) in [5.41, 5.74) is 0.847. The molecule has 0 spiro atoms. The summed E-state index contributed by atoms with van der Waals surface area (Å²) in [6.45, 7) is 2.67. The Morgan fingerprint density at radius 3 is 2.79 bits per heavy atom. The summed E-state index contributed by atoms with van der Waals surface area (Å²) in [7, 11) is 0. The third-order valence-corrected chi connectivity index (χ3v) is 7.15. The van der Waals surface area contributed by atoms with Crippen molar-refractivity contribution in [3.63, 3.8) is 0 Å². The summed E-state index contributed by atoms with van der Waals surface area (Å²) in [6.07, 6.45) is 8.13. The highest BCUT2D eigenvalue weighted by Crippen LogP contribution is 2.81. The van der Waals surface area contributed by atoms with Crippen LogP contribution in [0, 0.1) is 46.8 Å². The molecular formula is C14H20. The Bertz CT molecular complexity index is 320. The molecule has 5 aliphatic rings. The van der Waals surface area contributed by atoms with Gasteiger partial charge < -0.3 is 0 Å². The lowest BCUT2D eigenvalue weighted by molar-refractivity contribution is 0.0791. The fourth-order valence-corrected chi connectivity index (χ4v) is 6.99. The molecule has 0 saturated heterocycles. The van der Waals surface area contributed by atoms with Crippen LogP contribution in [0.4, 0.5) is 0 Å². The molecule has 0 nitrogen and oxygen atoms in total. The first-order valence-corrected chi connectivity index (χ1v) is 6.79. The first-order chi connectivity index (χ1) is 6.79. The molecule has 0 N–H and O–H groups in total. The summed E-state index contributed by atoms with van der Waals surface area (Å²) < 4.78 is 0. The average Bonchev–Trinajstić information content (AvgIpc) is 2.57. The number of fused-ring (bicyclic) bond motifs is 12. The van der Waals surface area contributed by atoms with Crippen molar-refractivity contribution in [2.45, 2.75) is 39.0 Å². The number of rotatable bonds is 0. The molecule has 0 heterocycles. The normalized spacial score (nSPS) is 76.5. The van der Waals surface area contributed by atoms with Gasteiger partial charge in [0, 0.05) is 0 Å². The van der Waals surface area contributed by atoms with Crippen LogP contribution in [-0.4, -0.2) is 0 Å². The van der Waals surface area contributed by atoms with E-state index in [1.54, 1.807) is 32.1 Å². The van der Waals surface area contributed by atoms with E-state index in [0.29, 0.717) is 0 Å². The average molecular weight is 188 g/mol. The fourth-order valence-electron chi connectivity index (χ4n) is 6.99. The lowest BCUT2D eigenvalue weighted by atomic mass is 9.65. The lowest BCUT2D eigenvalue weighted by Gasteiger charge is -2.40. The summed E-state index contributed by atoms with van der Waals surface area (Å²) >= 11 is 0. The topological polar surface area (TPSA) is 0 Å². The van der Waals surface area contributed by atoms with E-state index in [4.69, 9.17) is 0 Å². The minimum Gasteiger partial charge on any atom is -0.0591 e. The monoisotopic (exact) mass is 188 g/mol. The highest BCUT2D eigenvalue weighted by molar-refractivity contribution is 5.23. The molecule has 5 aliphatic carbocycles. The molecule has 8 atom stereocenters. The van der Waals surface area contributed by atoms with Gasteiger partial charge in [0.25, 0.3) is 0 Å². The SMILES string of the molecule is CC12CC(C3CC31)C1C3CCC(C3)C12. The van der Waals surface area contributed by atoms with Crippen LogP contribution in [0.3, 0.4) is 0 Å². The van der Waals surface area contributed by atoms with E-state index in [2.05, 4.69) is 6.92 Å². The van der Waals surface area contributed by atoms with Crippen molar-refractivity contribution in [1.82, 2.24) is 0 Å². The second-order valence-corrected chi connectivity index (χ2v) is 7.32. The minimum atomic E-state index is 0.847. The van der Waals surface area contributed by atoms with Crippen molar-refractivity contribution < 1.29 is 0 Å². The molecule has 0 radical (unpaired) electrons. The van der Waals surface area contributed by atoms with Crippen LogP contribution in [0.25, 0.3) is 0 Å². The van der Waals surface area contributed by atoms with Gasteiger partial charge in [0.2, 0.25) is 0 Å². The first kappa shape index (κ1) is 7.30. The zero-order valence-electron chi connectivity index (χ0n) is 9.08. The van der Waals surface area contributed by atoms with E-state index in [0.717, 1.165) is 5.41 Å². The molecule has 0 heteroatoms. The van der Waals surface area contributed by atoms with Crippen LogP contribution in [-0.2, 0) is 0 Å². The molecule has 0 aromatic rings. The lowest BCUT2D eigenvalue weighted by Crippen LogP contribution is -2.35. The molecule has 5 saturated carbocycles. The van der Waals surface area contributed by atoms with Crippen LogP contribution >= 0.6 is 0 Å². The largest absolute Gasteiger partial charge is 0.0591 e. The Labute approximate surface area is 86.5 Å². The van der Waals surface area contributed by atoms with Gasteiger partial charge in [0.15, 0.2) is 0 Å². The smallest absolute Gasteiger partial charge is 0.0258 e. The van der Waals surface area contributed by atoms with E-state index < -0.39 is 0 Å².